The molecule has 2 fully saturated rings. The van der Waals surface area contributed by atoms with Gasteiger partial charge >= 0.3 is 11.9 Å². The number of nitrogens with zero attached hydrogens (tertiary/aromatic N) is 3. The van der Waals surface area contributed by atoms with Crippen LogP contribution in [0, 0.1) is 17.8 Å². The van der Waals surface area contributed by atoms with E-state index in [0.29, 0.717) is 29.2 Å². The Labute approximate surface area is 231 Å². The number of aromatic nitrogens is 4. The Hall–Kier alpha value is -3.88. The van der Waals surface area contributed by atoms with Crippen molar-refractivity contribution < 1.29 is 28.7 Å². The first-order chi connectivity index (χ1) is 18.1. The highest BCUT2D eigenvalue weighted by Gasteiger charge is 2.49. The quantitative estimate of drug-likeness (QED) is 0.296. The summed E-state index contributed by atoms with van der Waals surface area (Å²) in [6.07, 6.45) is 4.12. The van der Waals surface area contributed by atoms with Crippen LogP contribution in [0.2, 0.25) is 10.0 Å². The van der Waals surface area contributed by atoms with Crippen molar-refractivity contribution in [1.29, 1.82) is 0 Å². The van der Waals surface area contributed by atoms with Gasteiger partial charge in [-0.3, -0.25) is 29.3 Å². The second-order valence-corrected chi connectivity index (χ2v) is 9.51. The number of esters is 2. The monoisotopic (exact) mass is 583 g/mol. The minimum Gasteiger partial charge on any atom is -0.466 e. The maximum Gasteiger partial charge on any atom is 0.358 e. The van der Waals surface area contributed by atoms with Gasteiger partial charge < -0.3 is 26.3 Å². The molecule has 7 N–H and O–H groups in total. The first kappa shape index (κ1) is 29.7. The van der Waals surface area contributed by atoms with Crippen LogP contribution in [0.15, 0.2) is 29.3 Å². The number of rotatable bonds is 7. The largest absolute Gasteiger partial charge is 0.466 e. The SMILES string of the molecule is CCOC(=O)[C@@H]1C[C@H]1C(=O)Nn1ccc(Cl)c1C(=O)OC.N.NC(=O)[C@@H]1C[C@H]1c1nn2ccc(Cl)c2c(=O)[nH]1. The molecule has 0 aromatic carbocycles. The van der Waals surface area contributed by atoms with Crippen molar-refractivity contribution in [2.24, 2.45) is 23.5 Å². The second-order valence-electron chi connectivity index (χ2n) is 8.70. The van der Waals surface area contributed by atoms with Gasteiger partial charge in [0.05, 0.1) is 35.6 Å². The average Bonchev–Trinajstić information content (AvgIpc) is 3.78. The van der Waals surface area contributed by atoms with E-state index in [0.717, 1.165) is 0 Å². The van der Waals surface area contributed by atoms with E-state index in [9.17, 15) is 24.0 Å². The smallest absolute Gasteiger partial charge is 0.358 e. The molecule has 2 aliphatic carbocycles. The third kappa shape index (κ3) is 6.24. The highest BCUT2D eigenvalue weighted by atomic mass is 35.5. The molecule has 0 bridgehead atoms. The number of nitrogens with one attached hydrogen (secondary N) is 2. The molecule has 3 aromatic rings. The number of hydrogen-bond donors (Lipinski definition) is 4. The highest BCUT2D eigenvalue weighted by Crippen LogP contribution is 2.45. The zero-order chi connectivity index (χ0) is 27.7. The third-order valence-electron chi connectivity index (χ3n) is 6.16. The molecule has 2 aliphatic rings. The summed E-state index contributed by atoms with van der Waals surface area (Å²) in [6, 6.07) is 3.06. The summed E-state index contributed by atoms with van der Waals surface area (Å²) < 4.78 is 12.1. The van der Waals surface area contributed by atoms with Crippen molar-refractivity contribution in [3.05, 3.63) is 56.4 Å². The van der Waals surface area contributed by atoms with Crippen LogP contribution in [0.1, 0.15) is 42.0 Å². The molecule has 0 saturated heterocycles. The van der Waals surface area contributed by atoms with Crippen LogP contribution < -0.4 is 22.9 Å². The predicted molar refractivity (Wildman–Crippen MR) is 139 cm³/mol. The number of ether oxygens (including phenoxy) is 2. The second kappa shape index (κ2) is 11.9. The number of methoxy groups -OCH3 is 1. The molecule has 5 rings (SSSR count). The Bertz CT molecular complexity index is 1480. The lowest BCUT2D eigenvalue weighted by atomic mass is 10.3. The van der Waals surface area contributed by atoms with Crippen LogP contribution >= 0.6 is 23.2 Å². The molecule has 0 aliphatic heterocycles. The number of fused-ring (bicyclic) bond motifs is 1. The molecule has 4 atom stereocenters. The molecule has 14 nitrogen and oxygen atoms in total. The number of H-pyrrole nitrogens is 1. The molecule has 3 heterocycles. The summed E-state index contributed by atoms with van der Waals surface area (Å²) in [4.78, 5) is 60.5. The van der Waals surface area contributed by atoms with Crippen LogP contribution in [-0.2, 0) is 23.9 Å². The normalized spacial score (nSPS) is 20.6. The van der Waals surface area contributed by atoms with E-state index in [1.807, 2.05) is 0 Å². The van der Waals surface area contributed by atoms with Crippen LogP contribution in [0.25, 0.3) is 5.52 Å². The van der Waals surface area contributed by atoms with Gasteiger partial charge in [0.1, 0.15) is 11.3 Å². The molecule has 210 valence electrons. The van der Waals surface area contributed by atoms with E-state index in [-0.39, 0.29) is 58.7 Å². The average molecular weight is 584 g/mol. The first-order valence-corrected chi connectivity index (χ1v) is 12.3. The summed E-state index contributed by atoms with van der Waals surface area (Å²) in [5.41, 5.74) is 7.75. The van der Waals surface area contributed by atoms with Gasteiger partial charge in [-0.2, -0.15) is 5.10 Å². The van der Waals surface area contributed by atoms with E-state index in [1.54, 1.807) is 19.2 Å². The third-order valence-corrected chi connectivity index (χ3v) is 6.77. The van der Waals surface area contributed by atoms with Gasteiger partial charge in [0.25, 0.3) is 5.56 Å². The maximum absolute atomic E-state index is 12.0. The van der Waals surface area contributed by atoms with Gasteiger partial charge in [0.15, 0.2) is 5.69 Å². The summed E-state index contributed by atoms with van der Waals surface area (Å²) in [7, 11) is 1.22. The van der Waals surface area contributed by atoms with E-state index in [1.165, 1.54) is 28.6 Å². The van der Waals surface area contributed by atoms with Crippen LogP contribution in [-0.4, -0.2) is 56.7 Å². The van der Waals surface area contributed by atoms with E-state index in [2.05, 4.69) is 20.2 Å². The number of amides is 2. The Morgan fingerprint density at radius 2 is 1.82 bits per heavy atom. The van der Waals surface area contributed by atoms with Gasteiger partial charge in [-0.1, -0.05) is 23.2 Å². The van der Waals surface area contributed by atoms with Crippen molar-refractivity contribution in [2.45, 2.75) is 25.7 Å². The lowest BCUT2D eigenvalue weighted by Gasteiger charge is -2.09. The Kier molecular flexibility index (Phi) is 9.04. The fourth-order valence-corrected chi connectivity index (χ4v) is 4.43. The zero-order valence-corrected chi connectivity index (χ0v) is 22.5. The van der Waals surface area contributed by atoms with E-state index >= 15 is 0 Å². The molecule has 16 heteroatoms. The van der Waals surface area contributed by atoms with E-state index < -0.39 is 17.8 Å². The maximum atomic E-state index is 12.0. The molecular weight excluding hydrogens is 557 g/mol. The lowest BCUT2D eigenvalue weighted by Crippen LogP contribution is -2.28. The fourth-order valence-electron chi connectivity index (χ4n) is 3.98. The minimum atomic E-state index is -0.664. The minimum absolute atomic E-state index is 0. The Morgan fingerprint density at radius 3 is 2.44 bits per heavy atom. The Morgan fingerprint density at radius 1 is 1.13 bits per heavy atom. The van der Waals surface area contributed by atoms with Crippen molar-refractivity contribution in [2.75, 3.05) is 19.1 Å². The summed E-state index contributed by atoms with van der Waals surface area (Å²) in [6.45, 7) is 1.99. The van der Waals surface area contributed by atoms with Crippen molar-refractivity contribution in [3.63, 3.8) is 0 Å². The molecular formula is C23H27Cl2N7O7. The summed E-state index contributed by atoms with van der Waals surface area (Å²) in [5.74, 6) is -2.45. The van der Waals surface area contributed by atoms with Crippen LogP contribution in [0.4, 0.5) is 0 Å². The Balaban J connectivity index is 0.000000214. The standard InChI is InChI=1S/C13H15ClN2O5.C10H9ClN4O2.H3N/c1-3-21-12(18)8-6-7(8)11(17)15-16-5-4-9(14)10(16)13(19)20-2;11-6-1-2-15-7(6)10(17)13-9(14-15)5-3-4(5)8(12)16;/h4-5,7-8H,3,6H2,1-2H3,(H,15,17);1-2,4-5H,3H2,(H2,12,16)(H,13,14,17);1H3/t7-,8-;4-,5-;/m11./s1. The number of hydrogen-bond acceptors (Lipinski definition) is 9. The first-order valence-electron chi connectivity index (χ1n) is 11.6. The summed E-state index contributed by atoms with van der Waals surface area (Å²) >= 11 is 11.7. The predicted octanol–water partition coefficient (Wildman–Crippen LogP) is 1.62. The van der Waals surface area contributed by atoms with Crippen LogP contribution in [0.5, 0.6) is 0 Å². The van der Waals surface area contributed by atoms with E-state index in [4.69, 9.17) is 33.7 Å². The van der Waals surface area contributed by atoms with Gasteiger partial charge in [-0.25, -0.2) is 9.31 Å². The number of aromatic amines is 1. The number of carbonyl (C=O) groups excluding carboxylic acids is 4. The molecule has 0 radical (unpaired) electrons. The topological polar surface area (TPSA) is 215 Å². The fraction of sp³-hybridized carbons (Fsp3) is 0.391. The molecule has 0 unspecified atom stereocenters. The molecule has 0 spiro atoms. The zero-order valence-electron chi connectivity index (χ0n) is 21.0. The molecule has 3 aromatic heterocycles. The highest BCUT2D eigenvalue weighted by molar-refractivity contribution is 6.34. The van der Waals surface area contributed by atoms with Crippen molar-refractivity contribution in [1.82, 2.24) is 25.4 Å². The summed E-state index contributed by atoms with van der Waals surface area (Å²) in [5, 5.41) is 4.74. The molecule has 2 saturated carbocycles. The van der Waals surface area contributed by atoms with Crippen molar-refractivity contribution in [3.8, 4) is 0 Å². The molecule has 39 heavy (non-hydrogen) atoms. The van der Waals surface area contributed by atoms with Gasteiger partial charge in [0.2, 0.25) is 11.8 Å². The van der Waals surface area contributed by atoms with Gasteiger partial charge in [-0.15, -0.1) is 0 Å². The van der Waals surface area contributed by atoms with Gasteiger partial charge in [0, 0.05) is 24.2 Å². The van der Waals surface area contributed by atoms with Gasteiger partial charge in [-0.05, 0) is 31.9 Å². The number of nitrogens with two attached hydrogens (primary N) is 1. The lowest BCUT2D eigenvalue weighted by molar-refractivity contribution is -0.145. The molecule has 2 amide bonds. The van der Waals surface area contributed by atoms with Crippen LogP contribution in [0.3, 0.4) is 0 Å². The number of primary amides is 1. The number of halogens is 2. The number of carbonyl (C=O) groups is 4. The van der Waals surface area contributed by atoms with Crippen molar-refractivity contribution >= 4 is 52.5 Å².